The van der Waals surface area contributed by atoms with Crippen molar-refractivity contribution in [1.82, 2.24) is 0 Å². The summed E-state index contributed by atoms with van der Waals surface area (Å²) in [6.45, 7) is 0.826. The van der Waals surface area contributed by atoms with E-state index in [2.05, 4.69) is 4.74 Å². The number of carbonyl (C=O) groups excluding carboxylic acids is 1. The van der Waals surface area contributed by atoms with Crippen molar-refractivity contribution in [2.24, 2.45) is 0 Å². The van der Waals surface area contributed by atoms with Gasteiger partial charge in [0, 0.05) is 0 Å². The fourth-order valence-corrected chi connectivity index (χ4v) is 2.16. The van der Waals surface area contributed by atoms with E-state index in [1.165, 1.54) is 0 Å². The zero-order valence-corrected chi connectivity index (χ0v) is 9.87. The molecule has 0 aromatic rings. The molecule has 1 saturated heterocycles. The van der Waals surface area contributed by atoms with Gasteiger partial charge in [-0.05, 0) is 0 Å². The molecule has 0 aliphatic carbocycles. The molecule has 81 valence electrons. The van der Waals surface area contributed by atoms with E-state index < -0.39 is 47.3 Å². The second-order valence-corrected chi connectivity index (χ2v) is 4.03. The molecular weight excluding hydrogens is 306 g/mol. The SMILES string of the molecule is CC(=O)OC(O)C1[O][Sb][O]C(CO)O1. The molecule has 0 aromatic heterocycles. The van der Waals surface area contributed by atoms with Crippen LogP contribution in [0.15, 0.2) is 0 Å². The minimum absolute atomic E-state index is 0.331. The number of esters is 1. The Morgan fingerprint density at radius 2 is 2.36 bits per heavy atom. The molecular formula is C6H10O7Sb. The topological polar surface area (TPSA) is 94.5 Å². The predicted octanol–water partition coefficient (Wildman–Crippen LogP) is -1.89. The van der Waals surface area contributed by atoms with Crippen LogP contribution in [0, 0.1) is 0 Å². The van der Waals surface area contributed by atoms with Gasteiger partial charge in [-0.3, -0.25) is 0 Å². The number of aliphatic hydroxyl groups excluding tert-OH is 2. The van der Waals surface area contributed by atoms with Crippen molar-refractivity contribution in [3.63, 3.8) is 0 Å². The number of aliphatic hydroxyl groups is 2. The van der Waals surface area contributed by atoms with Crippen molar-refractivity contribution < 1.29 is 30.5 Å². The third-order valence-electron chi connectivity index (χ3n) is 1.26. The van der Waals surface area contributed by atoms with Crippen molar-refractivity contribution in [1.29, 1.82) is 0 Å². The van der Waals surface area contributed by atoms with Crippen LogP contribution in [0.5, 0.6) is 0 Å². The summed E-state index contributed by atoms with van der Waals surface area (Å²) in [4.78, 5) is 10.5. The molecule has 1 rings (SSSR count). The quantitative estimate of drug-likeness (QED) is 0.357. The van der Waals surface area contributed by atoms with Gasteiger partial charge < -0.3 is 0 Å². The van der Waals surface area contributed by atoms with Gasteiger partial charge >= 0.3 is 91.3 Å². The van der Waals surface area contributed by atoms with Gasteiger partial charge in [-0.15, -0.1) is 0 Å². The summed E-state index contributed by atoms with van der Waals surface area (Å²) in [5.74, 6) is -0.639. The van der Waals surface area contributed by atoms with Gasteiger partial charge in [0.2, 0.25) is 0 Å². The van der Waals surface area contributed by atoms with Crippen molar-refractivity contribution in [3.05, 3.63) is 0 Å². The van der Waals surface area contributed by atoms with Gasteiger partial charge in [0.25, 0.3) is 0 Å². The van der Waals surface area contributed by atoms with Crippen LogP contribution in [0.3, 0.4) is 0 Å². The molecule has 2 N–H and O–H groups in total. The van der Waals surface area contributed by atoms with E-state index in [0.29, 0.717) is 0 Å². The summed E-state index contributed by atoms with van der Waals surface area (Å²) < 4.78 is 19.2. The maximum atomic E-state index is 10.5. The minimum atomic E-state index is -1.49. The van der Waals surface area contributed by atoms with E-state index in [9.17, 15) is 9.90 Å². The zero-order chi connectivity index (χ0) is 10.6. The summed E-state index contributed by atoms with van der Waals surface area (Å²) >= 11 is -1.40. The van der Waals surface area contributed by atoms with Gasteiger partial charge in [-0.25, -0.2) is 0 Å². The molecule has 7 nitrogen and oxygen atoms in total. The molecule has 3 unspecified atom stereocenters. The molecule has 8 heteroatoms. The first kappa shape index (κ1) is 12.2. The molecule has 0 saturated carbocycles. The second-order valence-electron chi connectivity index (χ2n) is 2.40. The van der Waals surface area contributed by atoms with Crippen LogP contribution >= 0.6 is 0 Å². The maximum absolute atomic E-state index is 10.5. The van der Waals surface area contributed by atoms with Crippen molar-refractivity contribution in [3.8, 4) is 0 Å². The molecule has 1 heterocycles. The Hall–Kier alpha value is 0.0882. The standard InChI is InChI=1S/C6H10O7.Sb/c1-3(8)12-5(10)6(11)13-4(9)2-7;/h4-7,10H,2H2,1H3;/q-2;+2. The zero-order valence-electron chi connectivity index (χ0n) is 7.32. The molecule has 0 spiro atoms. The van der Waals surface area contributed by atoms with Crippen LogP contribution < -0.4 is 0 Å². The van der Waals surface area contributed by atoms with E-state index in [1.54, 1.807) is 0 Å². The Kier molecular flexibility index (Phi) is 5.08. The normalized spacial score (nSPS) is 29.6. The first-order chi connectivity index (χ1) is 6.63. The Bertz CT molecular complexity index is 199. The number of hydrogen-bond acceptors (Lipinski definition) is 7. The van der Waals surface area contributed by atoms with Crippen LogP contribution in [0.25, 0.3) is 0 Å². The van der Waals surface area contributed by atoms with Crippen molar-refractivity contribution >= 4 is 28.4 Å². The number of ether oxygens (including phenoxy) is 2. The molecule has 1 fully saturated rings. The van der Waals surface area contributed by atoms with E-state index in [0.717, 1.165) is 6.92 Å². The van der Waals surface area contributed by atoms with E-state index in [1.807, 2.05) is 0 Å². The first-order valence-electron chi connectivity index (χ1n) is 3.77. The Balaban J connectivity index is 2.38. The molecule has 0 bridgehead atoms. The predicted molar refractivity (Wildman–Crippen MR) is 41.4 cm³/mol. The number of rotatable bonds is 3. The molecule has 14 heavy (non-hydrogen) atoms. The van der Waals surface area contributed by atoms with Crippen molar-refractivity contribution in [2.45, 2.75) is 25.8 Å². The molecule has 0 amide bonds. The molecule has 1 aliphatic heterocycles. The van der Waals surface area contributed by atoms with Crippen LogP contribution in [0.2, 0.25) is 0 Å². The Morgan fingerprint density at radius 3 is 2.93 bits per heavy atom. The molecule has 0 aromatic carbocycles. The molecule has 3 atom stereocenters. The van der Waals surface area contributed by atoms with Crippen LogP contribution in [0.4, 0.5) is 0 Å². The van der Waals surface area contributed by atoms with Gasteiger partial charge in [0.05, 0.1) is 0 Å². The molecule has 1 aliphatic rings. The summed E-state index contributed by atoms with van der Waals surface area (Å²) in [6, 6.07) is 0. The van der Waals surface area contributed by atoms with Crippen LogP contribution in [0.1, 0.15) is 6.92 Å². The van der Waals surface area contributed by atoms with Crippen LogP contribution in [-0.2, 0) is 20.3 Å². The Labute approximate surface area is 91.5 Å². The van der Waals surface area contributed by atoms with Crippen LogP contribution in [-0.4, -0.2) is 64.1 Å². The summed E-state index contributed by atoms with van der Waals surface area (Å²) in [5, 5.41) is 18.0. The second kappa shape index (κ2) is 5.85. The summed E-state index contributed by atoms with van der Waals surface area (Å²) in [5.41, 5.74) is 0. The molecule has 1 radical (unpaired) electrons. The monoisotopic (exact) mass is 315 g/mol. The van der Waals surface area contributed by atoms with Crippen molar-refractivity contribution in [2.75, 3.05) is 6.61 Å². The number of hydrogen-bond donors (Lipinski definition) is 2. The van der Waals surface area contributed by atoms with E-state index >= 15 is 0 Å². The fraction of sp³-hybridized carbons (Fsp3) is 0.833. The van der Waals surface area contributed by atoms with E-state index in [4.69, 9.17) is 15.9 Å². The van der Waals surface area contributed by atoms with Gasteiger partial charge in [-0.2, -0.15) is 0 Å². The van der Waals surface area contributed by atoms with E-state index in [-0.39, 0.29) is 6.61 Å². The summed E-state index contributed by atoms with van der Waals surface area (Å²) in [6.07, 6.45) is -3.36. The van der Waals surface area contributed by atoms with Gasteiger partial charge in [0.15, 0.2) is 0 Å². The average molecular weight is 316 g/mol. The first-order valence-corrected chi connectivity index (χ1v) is 5.85. The summed E-state index contributed by atoms with van der Waals surface area (Å²) in [7, 11) is 0. The third-order valence-corrected chi connectivity index (χ3v) is 3.02. The fourth-order valence-electron chi connectivity index (χ4n) is 0.736. The van der Waals surface area contributed by atoms with Gasteiger partial charge in [0.1, 0.15) is 0 Å². The average Bonchev–Trinajstić information content (AvgIpc) is 2.17. The van der Waals surface area contributed by atoms with Gasteiger partial charge in [-0.1, -0.05) is 0 Å². The third kappa shape index (κ3) is 3.68. The number of carbonyl (C=O) groups is 1. The Morgan fingerprint density at radius 1 is 1.64 bits per heavy atom.